The number of aryl methyl sites for hydroxylation is 1. The first-order valence-corrected chi connectivity index (χ1v) is 6.94. The first-order valence-electron chi connectivity index (χ1n) is 6.94. The molecule has 2 amide bonds. The highest BCUT2D eigenvalue weighted by Gasteiger charge is 2.14. The Bertz CT molecular complexity index is 501. The zero-order chi connectivity index (χ0) is 15.8. The van der Waals surface area contributed by atoms with Crippen LogP contribution in [0.2, 0.25) is 0 Å². The van der Waals surface area contributed by atoms with Gasteiger partial charge in [0.05, 0.1) is 11.3 Å². The molecule has 0 aliphatic rings. The smallest absolute Gasteiger partial charge is 0.338 e. The van der Waals surface area contributed by atoms with Crippen molar-refractivity contribution in [1.29, 1.82) is 0 Å². The summed E-state index contributed by atoms with van der Waals surface area (Å²) in [5.74, 6) is -1.05. The van der Waals surface area contributed by atoms with Crippen molar-refractivity contribution >= 4 is 17.7 Å². The quantitative estimate of drug-likeness (QED) is 0.673. The molecular formula is C15H23N3O3. The highest BCUT2D eigenvalue weighted by Crippen LogP contribution is 2.19. The van der Waals surface area contributed by atoms with Crippen molar-refractivity contribution in [3.8, 4) is 0 Å². The molecule has 1 aromatic rings. The van der Waals surface area contributed by atoms with Crippen LogP contribution in [0.4, 0.5) is 10.5 Å². The Hall–Kier alpha value is -2.08. The van der Waals surface area contributed by atoms with Crippen LogP contribution in [0.5, 0.6) is 0 Å². The van der Waals surface area contributed by atoms with Crippen LogP contribution in [0, 0.1) is 6.92 Å². The van der Waals surface area contributed by atoms with Crippen LogP contribution >= 0.6 is 0 Å². The van der Waals surface area contributed by atoms with Gasteiger partial charge in [0.2, 0.25) is 0 Å². The fourth-order valence-electron chi connectivity index (χ4n) is 1.98. The molecule has 6 heteroatoms. The number of nitrogens with one attached hydrogen (secondary N) is 2. The van der Waals surface area contributed by atoms with Gasteiger partial charge in [-0.2, -0.15) is 0 Å². The minimum atomic E-state index is -1.05. The lowest BCUT2D eigenvalue weighted by atomic mass is 10.1. The van der Waals surface area contributed by atoms with Crippen molar-refractivity contribution in [2.24, 2.45) is 0 Å². The number of anilines is 1. The number of carboxylic acids is 1. The van der Waals surface area contributed by atoms with Crippen LogP contribution in [0.3, 0.4) is 0 Å². The lowest BCUT2D eigenvalue weighted by molar-refractivity contribution is 0.0697. The summed E-state index contributed by atoms with van der Waals surface area (Å²) >= 11 is 0. The van der Waals surface area contributed by atoms with Gasteiger partial charge in [-0.25, -0.2) is 9.59 Å². The zero-order valence-electron chi connectivity index (χ0n) is 12.8. The fraction of sp³-hybridized carbons (Fsp3) is 0.467. The first-order chi connectivity index (χ1) is 9.91. The maximum absolute atomic E-state index is 11.8. The van der Waals surface area contributed by atoms with E-state index in [1.807, 2.05) is 14.1 Å². The number of urea groups is 1. The molecule has 0 unspecified atom stereocenters. The van der Waals surface area contributed by atoms with Gasteiger partial charge in [0.15, 0.2) is 0 Å². The number of benzene rings is 1. The molecular weight excluding hydrogens is 270 g/mol. The maximum Gasteiger partial charge on any atom is 0.338 e. The molecule has 6 nitrogen and oxygen atoms in total. The second kappa shape index (κ2) is 8.26. The van der Waals surface area contributed by atoms with E-state index in [0.29, 0.717) is 17.8 Å². The zero-order valence-corrected chi connectivity index (χ0v) is 12.8. The average molecular weight is 293 g/mol. The predicted molar refractivity (Wildman–Crippen MR) is 82.9 cm³/mol. The summed E-state index contributed by atoms with van der Waals surface area (Å²) in [5, 5.41) is 14.5. The molecule has 0 saturated heterocycles. The number of hydrogen-bond acceptors (Lipinski definition) is 3. The van der Waals surface area contributed by atoms with Crippen molar-refractivity contribution in [3.05, 3.63) is 29.3 Å². The first kappa shape index (κ1) is 17.0. The van der Waals surface area contributed by atoms with Crippen molar-refractivity contribution in [2.75, 3.05) is 32.5 Å². The predicted octanol–water partition coefficient (Wildman–Crippen LogP) is 2.16. The molecule has 0 fully saturated rings. The molecule has 1 rings (SSSR count). The highest BCUT2D eigenvalue weighted by atomic mass is 16.4. The Balaban J connectivity index is 2.48. The number of amides is 2. The van der Waals surface area contributed by atoms with E-state index >= 15 is 0 Å². The van der Waals surface area contributed by atoms with Crippen LogP contribution in [0.15, 0.2) is 18.2 Å². The molecule has 3 N–H and O–H groups in total. The SMILES string of the molecule is Cc1cccc(NC(=O)NCCCCN(C)C)c1C(=O)O. The topological polar surface area (TPSA) is 81.7 Å². The Labute approximate surface area is 125 Å². The van der Waals surface area contributed by atoms with Crippen LogP contribution in [0.1, 0.15) is 28.8 Å². The largest absolute Gasteiger partial charge is 0.478 e. The molecule has 21 heavy (non-hydrogen) atoms. The summed E-state index contributed by atoms with van der Waals surface area (Å²) < 4.78 is 0. The number of unbranched alkanes of at least 4 members (excludes halogenated alkanes) is 1. The van der Waals surface area contributed by atoms with E-state index in [9.17, 15) is 14.7 Å². The third-order valence-corrected chi connectivity index (χ3v) is 3.05. The number of rotatable bonds is 7. The van der Waals surface area contributed by atoms with E-state index in [-0.39, 0.29) is 11.6 Å². The number of carbonyl (C=O) groups is 2. The van der Waals surface area contributed by atoms with Gasteiger partial charge >= 0.3 is 12.0 Å². The van der Waals surface area contributed by atoms with Crippen LogP contribution in [-0.4, -0.2) is 49.2 Å². The van der Waals surface area contributed by atoms with Gasteiger partial charge in [0, 0.05) is 6.54 Å². The molecule has 0 aromatic heterocycles. The van der Waals surface area contributed by atoms with E-state index in [2.05, 4.69) is 15.5 Å². The minimum absolute atomic E-state index is 0.125. The Morgan fingerprint density at radius 1 is 1.24 bits per heavy atom. The Morgan fingerprint density at radius 2 is 1.95 bits per heavy atom. The number of carboxylic acid groups (broad SMARTS) is 1. The van der Waals surface area contributed by atoms with E-state index in [1.165, 1.54) is 0 Å². The lowest BCUT2D eigenvalue weighted by Crippen LogP contribution is -2.30. The van der Waals surface area contributed by atoms with Crippen LogP contribution < -0.4 is 10.6 Å². The van der Waals surface area contributed by atoms with Gasteiger partial charge in [-0.05, 0) is 52.0 Å². The van der Waals surface area contributed by atoms with Gasteiger partial charge in [-0.3, -0.25) is 0 Å². The van der Waals surface area contributed by atoms with Crippen molar-refractivity contribution in [1.82, 2.24) is 10.2 Å². The summed E-state index contributed by atoms with van der Waals surface area (Å²) in [4.78, 5) is 25.1. The van der Waals surface area contributed by atoms with Crippen LogP contribution in [0.25, 0.3) is 0 Å². The molecule has 1 aromatic carbocycles. The Kier molecular flexibility index (Phi) is 6.68. The normalized spacial score (nSPS) is 10.5. The van der Waals surface area contributed by atoms with Gasteiger partial charge in [-0.1, -0.05) is 12.1 Å². The van der Waals surface area contributed by atoms with Crippen molar-refractivity contribution in [2.45, 2.75) is 19.8 Å². The van der Waals surface area contributed by atoms with E-state index in [1.54, 1.807) is 25.1 Å². The lowest BCUT2D eigenvalue weighted by Gasteiger charge is -2.12. The van der Waals surface area contributed by atoms with Crippen molar-refractivity contribution in [3.63, 3.8) is 0 Å². The molecule has 0 saturated carbocycles. The Morgan fingerprint density at radius 3 is 2.57 bits per heavy atom. The van der Waals surface area contributed by atoms with E-state index in [0.717, 1.165) is 19.4 Å². The number of nitrogens with zero attached hydrogens (tertiary/aromatic N) is 1. The fourth-order valence-corrected chi connectivity index (χ4v) is 1.98. The van der Waals surface area contributed by atoms with Gasteiger partial charge in [-0.15, -0.1) is 0 Å². The third kappa shape index (κ3) is 5.83. The number of hydrogen-bond donors (Lipinski definition) is 3. The van der Waals surface area contributed by atoms with Gasteiger partial charge in [0.1, 0.15) is 0 Å². The highest BCUT2D eigenvalue weighted by molar-refractivity contribution is 6.01. The number of aromatic carboxylic acids is 1. The molecule has 0 aliphatic carbocycles. The average Bonchev–Trinajstić information content (AvgIpc) is 2.37. The number of carbonyl (C=O) groups excluding carboxylic acids is 1. The van der Waals surface area contributed by atoms with Crippen molar-refractivity contribution < 1.29 is 14.7 Å². The second-order valence-corrected chi connectivity index (χ2v) is 5.19. The third-order valence-electron chi connectivity index (χ3n) is 3.05. The molecule has 0 radical (unpaired) electrons. The summed E-state index contributed by atoms with van der Waals surface area (Å²) in [6.07, 6.45) is 1.88. The molecule has 0 bridgehead atoms. The molecule has 0 atom stereocenters. The molecule has 116 valence electrons. The van der Waals surface area contributed by atoms with Gasteiger partial charge in [0.25, 0.3) is 0 Å². The standard InChI is InChI=1S/C15H23N3O3/c1-11-7-6-8-12(13(11)14(19)20)17-15(21)16-9-4-5-10-18(2)3/h6-8H,4-5,9-10H2,1-3H3,(H,19,20)(H2,16,17,21). The van der Waals surface area contributed by atoms with Gasteiger partial charge < -0.3 is 20.6 Å². The summed E-state index contributed by atoms with van der Waals surface area (Å²) in [6, 6.07) is 4.62. The minimum Gasteiger partial charge on any atom is -0.478 e. The summed E-state index contributed by atoms with van der Waals surface area (Å²) in [6.45, 7) is 3.24. The van der Waals surface area contributed by atoms with Crippen LogP contribution in [-0.2, 0) is 0 Å². The molecule has 0 aliphatic heterocycles. The molecule has 0 spiro atoms. The maximum atomic E-state index is 11.8. The second-order valence-electron chi connectivity index (χ2n) is 5.19. The van der Waals surface area contributed by atoms with E-state index < -0.39 is 5.97 Å². The monoisotopic (exact) mass is 293 g/mol. The summed E-state index contributed by atoms with van der Waals surface area (Å²) in [5.41, 5.74) is 1.06. The summed E-state index contributed by atoms with van der Waals surface area (Å²) in [7, 11) is 4.01. The van der Waals surface area contributed by atoms with E-state index in [4.69, 9.17) is 0 Å². The molecule has 0 heterocycles.